The van der Waals surface area contributed by atoms with Crippen molar-refractivity contribution in [1.29, 1.82) is 0 Å². The molecule has 0 aliphatic rings. The van der Waals surface area contributed by atoms with Crippen molar-refractivity contribution in [2.75, 3.05) is 6.61 Å². The van der Waals surface area contributed by atoms with Gasteiger partial charge in [0, 0.05) is 22.1 Å². The maximum Gasteiger partial charge on any atom is 0.261 e. The van der Waals surface area contributed by atoms with Gasteiger partial charge in [-0.2, -0.15) is 0 Å². The number of nitrogens with one attached hydrogen (secondary N) is 1. The minimum atomic E-state index is -0.739. The number of carbonyl (C=O) groups is 2. The second-order valence-corrected chi connectivity index (χ2v) is 9.14. The standard InChI is InChI=1S/C22H25Cl3N2O3/c1-14(21(29)26-22(2,3)4)27(12-15-7-5-6-8-17(15)24)20(28)13-30-19-10-9-16(23)11-18(19)25/h5-11,14H,12-13H2,1-4H3,(H,26,29)/t14-/m1/s1. The Morgan fingerprint density at radius 3 is 2.33 bits per heavy atom. The van der Waals surface area contributed by atoms with E-state index in [4.69, 9.17) is 39.5 Å². The zero-order chi connectivity index (χ0) is 22.5. The first-order chi connectivity index (χ1) is 14.0. The van der Waals surface area contributed by atoms with E-state index >= 15 is 0 Å². The van der Waals surface area contributed by atoms with Crippen molar-refractivity contribution in [1.82, 2.24) is 10.2 Å². The molecule has 5 nitrogen and oxygen atoms in total. The summed E-state index contributed by atoms with van der Waals surface area (Å²) in [5.41, 5.74) is 0.296. The first-order valence-electron chi connectivity index (χ1n) is 9.40. The lowest BCUT2D eigenvalue weighted by molar-refractivity contribution is -0.142. The van der Waals surface area contributed by atoms with E-state index in [-0.39, 0.29) is 25.0 Å². The number of nitrogens with zero attached hydrogens (tertiary/aromatic N) is 1. The fourth-order valence-corrected chi connectivity index (χ4v) is 3.34. The normalized spacial score (nSPS) is 12.2. The molecule has 0 saturated heterocycles. The monoisotopic (exact) mass is 470 g/mol. The summed E-state index contributed by atoms with van der Waals surface area (Å²) in [7, 11) is 0. The zero-order valence-corrected chi connectivity index (χ0v) is 19.6. The van der Waals surface area contributed by atoms with Crippen molar-refractivity contribution in [2.24, 2.45) is 0 Å². The molecule has 0 radical (unpaired) electrons. The Labute approximate surface area is 192 Å². The van der Waals surface area contributed by atoms with Gasteiger partial charge in [0.2, 0.25) is 5.91 Å². The molecular weight excluding hydrogens is 447 g/mol. The van der Waals surface area contributed by atoms with E-state index in [0.717, 1.165) is 5.56 Å². The second-order valence-electron chi connectivity index (χ2n) is 7.89. The highest BCUT2D eigenvalue weighted by molar-refractivity contribution is 6.35. The van der Waals surface area contributed by atoms with Gasteiger partial charge in [0.25, 0.3) is 5.91 Å². The van der Waals surface area contributed by atoms with Crippen LogP contribution >= 0.6 is 34.8 Å². The van der Waals surface area contributed by atoms with Crippen LogP contribution in [0.5, 0.6) is 5.75 Å². The number of carbonyl (C=O) groups excluding carboxylic acids is 2. The Balaban J connectivity index is 2.21. The van der Waals surface area contributed by atoms with E-state index in [0.29, 0.717) is 20.8 Å². The number of hydrogen-bond acceptors (Lipinski definition) is 3. The van der Waals surface area contributed by atoms with Crippen LogP contribution in [0.15, 0.2) is 42.5 Å². The van der Waals surface area contributed by atoms with E-state index in [1.54, 1.807) is 31.2 Å². The number of ether oxygens (including phenoxy) is 1. The molecule has 0 bridgehead atoms. The lowest BCUT2D eigenvalue weighted by Gasteiger charge is -2.31. The summed E-state index contributed by atoms with van der Waals surface area (Å²) >= 11 is 18.3. The van der Waals surface area contributed by atoms with Crippen LogP contribution in [0.3, 0.4) is 0 Å². The van der Waals surface area contributed by atoms with Gasteiger partial charge in [0.15, 0.2) is 6.61 Å². The second kappa shape index (κ2) is 10.4. The quantitative estimate of drug-likeness (QED) is 0.591. The molecular formula is C22H25Cl3N2O3. The first-order valence-corrected chi connectivity index (χ1v) is 10.5. The molecule has 0 spiro atoms. The maximum atomic E-state index is 13.0. The Bertz CT molecular complexity index is 913. The molecule has 2 aromatic rings. The van der Waals surface area contributed by atoms with Gasteiger partial charge in [0.05, 0.1) is 5.02 Å². The fourth-order valence-electron chi connectivity index (χ4n) is 2.68. The summed E-state index contributed by atoms with van der Waals surface area (Å²) < 4.78 is 5.59. The minimum Gasteiger partial charge on any atom is -0.482 e. The number of benzene rings is 2. The zero-order valence-electron chi connectivity index (χ0n) is 17.3. The number of hydrogen-bond donors (Lipinski definition) is 1. The summed E-state index contributed by atoms with van der Waals surface area (Å²) in [5.74, 6) is -0.316. The Morgan fingerprint density at radius 2 is 1.73 bits per heavy atom. The highest BCUT2D eigenvalue weighted by atomic mass is 35.5. The largest absolute Gasteiger partial charge is 0.482 e. The summed E-state index contributed by atoms with van der Waals surface area (Å²) in [6.07, 6.45) is 0. The van der Waals surface area contributed by atoms with Crippen molar-refractivity contribution in [3.8, 4) is 5.75 Å². The molecule has 162 valence electrons. The average Bonchev–Trinajstić information content (AvgIpc) is 2.64. The van der Waals surface area contributed by atoms with Crippen molar-refractivity contribution >= 4 is 46.6 Å². The van der Waals surface area contributed by atoms with Gasteiger partial charge < -0.3 is 15.0 Å². The number of halogens is 3. The van der Waals surface area contributed by atoms with Crippen molar-refractivity contribution in [3.63, 3.8) is 0 Å². The van der Waals surface area contributed by atoms with Gasteiger partial charge >= 0.3 is 0 Å². The van der Waals surface area contributed by atoms with Crippen LogP contribution in [-0.2, 0) is 16.1 Å². The number of amides is 2. The summed E-state index contributed by atoms with van der Waals surface area (Å²) in [5, 5.41) is 4.18. The number of rotatable bonds is 7. The molecule has 0 saturated carbocycles. The third-order valence-electron chi connectivity index (χ3n) is 4.21. The third-order valence-corrected chi connectivity index (χ3v) is 5.11. The van der Waals surface area contributed by atoms with Crippen molar-refractivity contribution < 1.29 is 14.3 Å². The average molecular weight is 472 g/mol. The summed E-state index contributed by atoms with van der Waals surface area (Å²) in [4.78, 5) is 27.2. The smallest absolute Gasteiger partial charge is 0.261 e. The summed E-state index contributed by atoms with van der Waals surface area (Å²) in [6.45, 7) is 7.18. The molecule has 0 aromatic heterocycles. The fraction of sp³-hybridized carbons (Fsp3) is 0.364. The first kappa shape index (κ1) is 24.3. The van der Waals surface area contributed by atoms with Crippen LogP contribution in [0.2, 0.25) is 15.1 Å². The molecule has 2 aromatic carbocycles. The highest BCUT2D eigenvalue weighted by Gasteiger charge is 2.29. The van der Waals surface area contributed by atoms with Crippen LogP contribution in [0.1, 0.15) is 33.3 Å². The maximum absolute atomic E-state index is 13.0. The van der Waals surface area contributed by atoms with Crippen LogP contribution in [-0.4, -0.2) is 34.9 Å². The Kier molecular flexibility index (Phi) is 8.42. The topological polar surface area (TPSA) is 58.6 Å². The molecule has 0 aliphatic carbocycles. The molecule has 1 N–H and O–H groups in total. The van der Waals surface area contributed by atoms with Gasteiger partial charge in [-0.25, -0.2) is 0 Å². The van der Waals surface area contributed by atoms with Crippen LogP contribution in [0, 0.1) is 0 Å². The Morgan fingerprint density at radius 1 is 1.07 bits per heavy atom. The predicted molar refractivity (Wildman–Crippen MR) is 121 cm³/mol. The van der Waals surface area contributed by atoms with Crippen molar-refractivity contribution in [3.05, 3.63) is 63.1 Å². The third kappa shape index (κ3) is 7.08. The van der Waals surface area contributed by atoms with Gasteiger partial charge in [-0.15, -0.1) is 0 Å². The lowest BCUT2D eigenvalue weighted by Crippen LogP contribution is -2.53. The van der Waals surface area contributed by atoms with Crippen LogP contribution < -0.4 is 10.1 Å². The highest BCUT2D eigenvalue weighted by Crippen LogP contribution is 2.27. The molecule has 8 heteroatoms. The molecule has 30 heavy (non-hydrogen) atoms. The van der Waals surface area contributed by atoms with E-state index < -0.39 is 11.6 Å². The van der Waals surface area contributed by atoms with E-state index in [1.165, 1.54) is 11.0 Å². The van der Waals surface area contributed by atoms with Gasteiger partial charge in [0.1, 0.15) is 11.8 Å². The molecule has 1 atom stereocenters. The SMILES string of the molecule is C[C@H](C(=O)NC(C)(C)C)N(Cc1ccccc1Cl)C(=O)COc1ccc(Cl)cc1Cl. The predicted octanol–water partition coefficient (Wildman–Crippen LogP) is 5.36. The summed E-state index contributed by atoms with van der Waals surface area (Å²) in [6, 6.07) is 11.2. The van der Waals surface area contributed by atoms with Gasteiger partial charge in [-0.05, 0) is 57.5 Å². The minimum absolute atomic E-state index is 0.162. The van der Waals surface area contributed by atoms with Gasteiger partial charge in [-0.3, -0.25) is 9.59 Å². The molecule has 0 aliphatic heterocycles. The van der Waals surface area contributed by atoms with Crippen LogP contribution in [0.4, 0.5) is 0 Å². The molecule has 0 fully saturated rings. The van der Waals surface area contributed by atoms with Crippen LogP contribution in [0.25, 0.3) is 0 Å². The molecule has 0 heterocycles. The van der Waals surface area contributed by atoms with Gasteiger partial charge in [-0.1, -0.05) is 53.0 Å². The molecule has 2 amide bonds. The Hall–Kier alpha value is -1.95. The molecule has 2 rings (SSSR count). The van der Waals surface area contributed by atoms with E-state index in [9.17, 15) is 9.59 Å². The van der Waals surface area contributed by atoms with Crippen molar-refractivity contribution in [2.45, 2.75) is 45.8 Å². The van der Waals surface area contributed by atoms with E-state index in [1.807, 2.05) is 32.9 Å². The lowest BCUT2D eigenvalue weighted by atomic mass is 10.1. The molecule has 0 unspecified atom stereocenters. The van der Waals surface area contributed by atoms with E-state index in [2.05, 4.69) is 5.32 Å².